The third kappa shape index (κ3) is 4.45. The van der Waals surface area contributed by atoms with Crippen LogP contribution in [0.15, 0.2) is 75.6 Å². The summed E-state index contributed by atoms with van der Waals surface area (Å²) in [4.78, 5) is 0.912. The summed E-state index contributed by atoms with van der Waals surface area (Å²) in [7, 11) is -0.950. The second-order valence-electron chi connectivity index (χ2n) is 4.64. The van der Waals surface area contributed by atoms with Gasteiger partial charge in [-0.1, -0.05) is 0 Å². The van der Waals surface area contributed by atoms with Crippen LogP contribution in [0.25, 0.3) is 0 Å². The first-order valence-corrected chi connectivity index (χ1v) is 9.52. The van der Waals surface area contributed by atoms with Crippen molar-refractivity contribution in [3.63, 3.8) is 0 Å². The van der Waals surface area contributed by atoms with E-state index in [4.69, 9.17) is 0 Å². The van der Waals surface area contributed by atoms with Gasteiger partial charge in [0.1, 0.15) is 0 Å². The summed E-state index contributed by atoms with van der Waals surface area (Å²) in [5, 5.41) is 0. The van der Waals surface area contributed by atoms with E-state index in [1.54, 1.807) is 0 Å². The Morgan fingerprint density at radius 3 is 2.05 bits per heavy atom. The second kappa shape index (κ2) is 7.58. The van der Waals surface area contributed by atoms with Crippen LogP contribution in [-0.4, -0.2) is 24.9 Å². The van der Waals surface area contributed by atoms with Crippen molar-refractivity contribution < 1.29 is 4.21 Å². The van der Waals surface area contributed by atoms with Gasteiger partial charge in [0.05, 0.1) is 0 Å². The van der Waals surface area contributed by atoms with Gasteiger partial charge in [-0.2, -0.15) is 0 Å². The van der Waals surface area contributed by atoms with Crippen LogP contribution in [0.2, 0.25) is 0 Å². The maximum atomic E-state index is 12.4. The number of hydrogen-bond acceptors (Lipinski definition) is 1. The fraction of sp³-hybridized carbons (Fsp3) is 0.176. The molecule has 2 rings (SSSR count). The average molecular weight is 349 g/mol. The molecule has 0 saturated carbocycles. The van der Waals surface area contributed by atoms with E-state index in [1.165, 1.54) is 14.5 Å². The van der Waals surface area contributed by atoms with Gasteiger partial charge in [-0.05, 0) is 0 Å². The molecule has 0 bridgehead atoms. The van der Waals surface area contributed by atoms with Gasteiger partial charge >= 0.3 is 130 Å². The van der Waals surface area contributed by atoms with Crippen molar-refractivity contribution in [3.8, 4) is 0 Å². The van der Waals surface area contributed by atoms with Gasteiger partial charge in [0.15, 0.2) is 0 Å². The van der Waals surface area contributed by atoms with Crippen LogP contribution in [0.3, 0.4) is 0 Å². The van der Waals surface area contributed by atoms with Crippen molar-refractivity contribution in [3.05, 3.63) is 70.7 Å². The molecule has 3 heteroatoms. The number of allylic oxidation sites excluding steroid dienone is 1. The van der Waals surface area contributed by atoms with Gasteiger partial charge in [-0.3, -0.25) is 0 Å². The van der Waals surface area contributed by atoms with Crippen LogP contribution in [0.5, 0.6) is 0 Å². The molecule has 2 aromatic rings. The zero-order valence-corrected chi connectivity index (χ0v) is 14.2. The molecule has 0 heterocycles. The number of rotatable bonds is 5. The summed E-state index contributed by atoms with van der Waals surface area (Å²) in [6.07, 6.45) is 0. The van der Waals surface area contributed by atoms with Crippen molar-refractivity contribution >= 4 is 30.2 Å². The van der Waals surface area contributed by atoms with Crippen molar-refractivity contribution in [2.24, 2.45) is 0 Å². The molecule has 2 aromatic carbocycles. The Balaban J connectivity index is 2.12. The molecule has 1 unspecified atom stereocenters. The molecule has 1 nitrogen and oxygen atoms in total. The first-order valence-electron chi connectivity index (χ1n) is 6.49. The van der Waals surface area contributed by atoms with Crippen LogP contribution < -0.4 is 4.46 Å². The molecule has 1 atom stereocenters. The summed E-state index contributed by atoms with van der Waals surface area (Å²) in [6, 6.07) is 20.2. The molecule has 0 saturated heterocycles. The van der Waals surface area contributed by atoms with Crippen LogP contribution >= 0.6 is 0 Å². The molecule has 0 aliphatic heterocycles. The minimum atomic E-state index is -0.950. The third-order valence-corrected chi connectivity index (χ3v) is 7.31. The quantitative estimate of drug-likeness (QED) is 0.758. The zero-order chi connectivity index (χ0) is 14.4. The van der Waals surface area contributed by atoms with Crippen molar-refractivity contribution in [2.75, 3.05) is 5.75 Å². The standard InChI is InChI=1S/C17H18OSSe/c1-14(2)17(20-16-11-7-4-8-12-16)13-19(18)15-9-5-3-6-10-15/h3-12H,13H2,1-2H3. The van der Waals surface area contributed by atoms with E-state index < -0.39 is 10.8 Å². The predicted octanol–water partition coefficient (Wildman–Crippen LogP) is 3.12. The monoisotopic (exact) mass is 350 g/mol. The Morgan fingerprint density at radius 1 is 0.950 bits per heavy atom. The van der Waals surface area contributed by atoms with Gasteiger partial charge in [-0.15, -0.1) is 0 Å². The third-order valence-electron chi connectivity index (χ3n) is 2.81. The molecular weight excluding hydrogens is 331 g/mol. The molecule has 20 heavy (non-hydrogen) atoms. The van der Waals surface area contributed by atoms with E-state index >= 15 is 0 Å². The second-order valence-corrected chi connectivity index (χ2v) is 8.54. The first-order chi connectivity index (χ1) is 9.66. The summed E-state index contributed by atoms with van der Waals surface area (Å²) in [6.45, 7) is 4.23. The summed E-state index contributed by atoms with van der Waals surface area (Å²) >= 11 is 0.254. The van der Waals surface area contributed by atoms with E-state index in [0.29, 0.717) is 5.75 Å². The Kier molecular flexibility index (Phi) is 5.78. The van der Waals surface area contributed by atoms with Gasteiger partial charge < -0.3 is 0 Å². The Hall–Kier alpha value is -1.15. The fourth-order valence-electron chi connectivity index (χ4n) is 1.68. The minimum absolute atomic E-state index is 0.254. The van der Waals surface area contributed by atoms with Crippen molar-refractivity contribution in [2.45, 2.75) is 18.7 Å². The van der Waals surface area contributed by atoms with Crippen LogP contribution in [-0.2, 0) is 10.8 Å². The van der Waals surface area contributed by atoms with Crippen LogP contribution in [0.4, 0.5) is 0 Å². The molecule has 0 fully saturated rings. The molecule has 104 valence electrons. The maximum absolute atomic E-state index is 12.4. The number of hydrogen-bond donors (Lipinski definition) is 0. The topological polar surface area (TPSA) is 17.1 Å². The molecular formula is C17H18OSSe. The summed E-state index contributed by atoms with van der Waals surface area (Å²) < 4.78 is 15.1. The SMILES string of the molecule is CC(C)=C(CS(=O)c1ccccc1)[Se]c1ccccc1. The van der Waals surface area contributed by atoms with Crippen molar-refractivity contribution in [1.82, 2.24) is 0 Å². The Labute approximate surface area is 129 Å². The Morgan fingerprint density at radius 2 is 1.50 bits per heavy atom. The normalized spacial score (nSPS) is 11.9. The predicted molar refractivity (Wildman–Crippen MR) is 87.9 cm³/mol. The molecule has 0 aromatic heterocycles. The van der Waals surface area contributed by atoms with Gasteiger partial charge in [0.2, 0.25) is 0 Å². The molecule has 0 aliphatic carbocycles. The van der Waals surface area contributed by atoms with E-state index in [-0.39, 0.29) is 15.0 Å². The zero-order valence-electron chi connectivity index (χ0n) is 11.7. The van der Waals surface area contributed by atoms with Gasteiger partial charge in [0, 0.05) is 0 Å². The first kappa shape index (κ1) is 15.2. The van der Waals surface area contributed by atoms with E-state index in [1.807, 2.05) is 36.4 Å². The van der Waals surface area contributed by atoms with Gasteiger partial charge in [0.25, 0.3) is 0 Å². The summed E-state index contributed by atoms with van der Waals surface area (Å²) in [5.74, 6) is 0.640. The van der Waals surface area contributed by atoms with Crippen LogP contribution in [0, 0.1) is 0 Å². The molecule has 0 spiro atoms. The van der Waals surface area contributed by atoms with Crippen molar-refractivity contribution in [1.29, 1.82) is 0 Å². The van der Waals surface area contributed by atoms with E-state index in [9.17, 15) is 4.21 Å². The summed E-state index contributed by atoms with van der Waals surface area (Å²) in [5.41, 5.74) is 1.29. The fourth-order valence-corrected chi connectivity index (χ4v) is 5.58. The Bertz CT molecular complexity index is 601. The molecule has 0 amide bonds. The van der Waals surface area contributed by atoms with Gasteiger partial charge in [-0.25, -0.2) is 0 Å². The van der Waals surface area contributed by atoms with Crippen LogP contribution in [0.1, 0.15) is 13.8 Å². The van der Waals surface area contributed by atoms with E-state index in [0.717, 1.165) is 4.90 Å². The average Bonchev–Trinajstić information content (AvgIpc) is 2.48. The molecule has 0 radical (unpaired) electrons. The molecule has 0 aliphatic rings. The number of benzene rings is 2. The molecule has 0 N–H and O–H groups in total. The van der Waals surface area contributed by atoms with E-state index in [2.05, 4.69) is 38.1 Å².